The van der Waals surface area contributed by atoms with E-state index in [1.54, 1.807) is 0 Å². The summed E-state index contributed by atoms with van der Waals surface area (Å²) in [4.78, 5) is 11.2. The fourth-order valence-corrected chi connectivity index (χ4v) is 11.3. The topological polar surface area (TPSA) is 46.6 Å². The maximum atomic E-state index is 5.67. The van der Waals surface area contributed by atoms with Crippen LogP contribution in [0.3, 0.4) is 0 Å². The number of fused-ring (bicyclic) bond motifs is 8. The van der Waals surface area contributed by atoms with E-state index in [9.17, 15) is 0 Å². The van der Waals surface area contributed by atoms with Gasteiger partial charge in [0.05, 0.1) is 11.4 Å². The van der Waals surface area contributed by atoms with Crippen molar-refractivity contribution in [2.45, 2.75) is 50.7 Å². The lowest BCUT2D eigenvalue weighted by Gasteiger charge is -2.30. The Morgan fingerprint density at radius 1 is 0.656 bits per heavy atom. The lowest BCUT2D eigenvalue weighted by molar-refractivity contribution is 0.513. The highest BCUT2D eigenvalue weighted by molar-refractivity contribution is 6.11. The lowest BCUT2D eigenvalue weighted by atomic mass is 9.83. The molecule has 5 nitrogen and oxygen atoms in total. The summed E-state index contributed by atoms with van der Waals surface area (Å²) in [6.07, 6.45) is 47.4. The number of nitrogens with one attached hydrogen (secondary N) is 1. The first-order chi connectivity index (χ1) is 31.7. The Hall–Kier alpha value is -7.24. The molecule has 3 heterocycles. The van der Waals surface area contributed by atoms with Gasteiger partial charge in [-0.3, -0.25) is 4.57 Å². The Bertz CT molecular complexity index is 3320. The van der Waals surface area contributed by atoms with E-state index in [4.69, 9.17) is 9.98 Å². The van der Waals surface area contributed by atoms with E-state index in [-0.39, 0.29) is 18.1 Å². The minimum absolute atomic E-state index is 0.106. The van der Waals surface area contributed by atoms with Crippen molar-refractivity contribution < 1.29 is 0 Å². The molecule has 0 saturated heterocycles. The normalized spacial score (nSPS) is 24.6. The lowest BCUT2D eigenvalue weighted by Crippen LogP contribution is -2.48. The predicted octanol–water partition coefficient (Wildman–Crippen LogP) is 11.0. The molecule has 1 N–H and O–H groups in total. The molecule has 5 aromatic rings. The first-order valence-electron chi connectivity index (χ1n) is 23.2. The average Bonchev–Trinajstić information content (AvgIpc) is 3.86. The van der Waals surface area contributed by atoms with Crippen LogP contribution < -0.4 is 15.9 Å². The Labute approximate surface area is 374 Å². The number of amidine groups is 1. The summed E-state index contributed by atoms with van der Waals surface area (Å²) >= 11 is 0. The Kier molecular flexibility index (Phi) is 8.89. The number of hydrogen-bond donors (Lipinski definition) is 1. The predicted molar refractivity (Wildman–Crippen MR) is 266 cm³/mol. The molecule has 5 atom stereocenters. The Balaban J connectivity index is 0.961. The standard InChI is InChI=1S/C59H49N5/c1-3-14-38(15-4-1)40-26-28-41(29-27-40)57-60-58(47-23-13-22-42(32-47)39-16-5-2-6-17-39)62-59(61-57)64-55-36-46-21-10-8-19-44(46)34-52(55)50-31-30-48(37-56(50)64)63-53-25-12-11-24-49(53)51-33-43-18-7-9-20-45(43)35-54(51)63/h1-5,7-16,18,20-28,30-34,36,41,44-45,48,57H,6,17,19,29,35,37H2,(H,60,61,62). The number of aromatic nitrogens is 2. The second kappa shape index (κ2) is 15.2. The fraction of sp³-hybridized carbons (Fsp3) is 0.186. The van der Waals surface area contributed by atoms with Gasteiger partial charge in [-0.05, 0) is 89.8 Å². The molecule has 7 aliphatic carbocycles. The molecule has 0 amide bonds. The van der Waals surface area contributed by atoms with Gasteiger partial charge >= 0.3 is 0 Å². The molecule has 2 aromatic heterocycles. The van der Waals surface area contributed by atoms with Gasteiger partial charge in [-0.25, -0.2) is 9.98 Å². The summed E-state index contributed by atoms with van der Waals surface area (Å²) in [5.41, 5.74) is 15.6. The molecule has 0 bridgehead atoms. The Morgan fingerprint density at radius 3 is 2.45 bits per heavy atom. The van der Waals surface area contributed by atoms with Crippen LogP contribution in [0.2, 0.25) is 0 Å². The van der Waals surface area contributed by atoms with Gasteiger partial charge in [-0.2, -0.15) is 0 Å². The van der Waals surface area contributed by atoms with Crippen molar-refractivity contribution in [3.63, 3.8) is 0 Å². The van der Waals surface area contributed by atoms with Crippen molar-refractivity contribution in [3.8, 4) is 0 Å². The van der Waals surface area contributed by atoms with Crippen LogP contribution in [-0.2, 0) is 12.8 Å². The summed E-state index contributed by atoms with van der Waals surface area (Å²) < 4.78 is 5.14. The summed E-state index contributed by atoms with van der Waals surface area (Å²) in [5.74, 6) is 2.57. The second-order valence-corrected chi connectivity index (χ2v) is 18.3. The van der Waals surface area contributed by atoms with E-state index < -0.39 is 0 Å². The maximum Gasteiger partial charge on any atom is 0.210 e. The quantitative estimate of drug-likeness (QED) is 0.188. The number of nitrogens with zero attached hydrogens (tertiary/aromatic N) is 4. The van der Waals surface area contributed by atoms with Gasteiger partial charge in [0.2, 0.25) is 5.96 Å². The van der Waals surface area contributed by atoms with Crippen molar-refractivity contribution >= 4 is 58.1 Å². The van der Waals surface area contributed by atoms with Crippen LogP contribution in [0.15, 0.2) is 185 Å². The van der Waals surface area contributed by atoms with E-state index in [1.807, 2.05) is 0 Å². The summed E-state index contributed by atoms with van der Waals surface area (Å²) in [5, 5.41) is 7.75. The second-order valence-electron chi connectivity index (χ2n) is 18.3. The highest BCUT2D eigenvalue weighted by Gasteiger charge is 2.34. The van der Waals surface area contributed by atoms with Crippen molar-refractivity contribution in [1.29, 1.82) is 0 Å². The van der Waals surface area contributed by atoms with E-state index in [1.165, 1.54) is 77.4 Å². The molecule has 8 aliphatic rings. The molecule has 0 saturated carbocycles. The third-order valence-corrected chi connectivity index (χ3v) is 14.6. The summed E-state index contributed by atoms with van der Waals surface area (Å²) in [6.45, 7) is 0. The molecular weight excluding hydrogens is 779 g/mol. The van der Waals surface area contributed by atoms with Crippen molar-refractivity contribution in [3.05, 3.63) is 225 Å². The van der Waals surface area contributed by atoms with E-state index in [2.05, 4.69) is 203 Å². The molecule has 64 heavy (non-hydrogen) atoms. The number of hydrogen-bond acceptors (Lipinski definition) is 3. The minimum Gasteiger partial charge on any atom is -0.337 e. The monoisotopic (exact) mass is 827 g/mol. The zero-order valence-corrected chi connectivity index (χ0v) is 35.8. The van der Waals surface area contributed by atoms with Crippen LogP contribution in [0, 0.1) is 17.8 Å². The van der Waals surface area contributed by atoms with E-state index in [0.29, 0.717) is 11.8 Å². The number of allylic oxidation sites excluding steroid dienone is 17. The highest BCUT2D eigenvalue weighted by atomic mass is 15.3. The van der Waals surface area contributed by atoms with Crippen LogP contribution in [0.25, 0.3) is 46.4 Å². The molecule has 5 unspecified atom stereocenters. The van der Waals surface area contributed by atoms with Crippen LogP contribution in [0.4, 0.5) is 0 Å². The average molecular weight is 828 g/mol. The highest BCUT2D eigenvalue weighted by Crippen LogP contribution is 2.42. The third kappa shape index (κ3) is 6.28. The molecule has 5 heteroatoms. The molecule has 3 aromatic carbocycles. The molecule has 13 rings (SSSR count). The van der Waals surface area contributed by atoms with Crippen molar-refractivity contribution in [2.75, 3.05) is 0 Å². The van der Waals surface area contributed by atoms with Crippen LogP contribution in [-0.4, -0.2) is 27.1 Å². The van der Waals surface area contributed by atoms with Gasteiger partial charge in [0, 0.05) is 68.4 Å². The first kappa shape index (κ1) is 37.3. The van der Waals surface area contributed by atoms with Crippen LogP contribution in [0.5, 0.6) is 0 Å². The SMILES string of the molecule is C1=CCCC(c2cccc(C3=NC(C4C=CC(c5ccccc5)=CC4)N=C(n4c5c(c6c4=CC4=CC=CCC4C=6)C=CC(n4c6c(c7ccccc74)C=C4C=CC=CC4C6)C5)N3)c2)=C1. The Morgan fingerprint density at radius 2 is 1.55 bits per heavy atom. The molecule has 1 aliphatic heterocycles. The van der Waals surface area contributed by atoms with Gasteiger partial charge in [0.1, 0.15) is 5.84 Å². The number of aliphatic imine (C=N–C) groups is 2. The molecule has 310 valence electrons. The van der Waals surface area contributed by atoms with E-state index in [0.717, 1.165) is 55.9 Å². The van der Waals surface area contributed by atoms with Gasteiger partial charge < -0.3 is 9.88 Å². The molecular formula is C59H49N5. The van der Waals surface area contributed by atoms with Crippen LogP contribution >= 0.6 is 0 Å². The minimum atomic E-state index is -0.309. The zero-order chi connectivity index (χ0) is 42.1. The molecule has 0 spiro atoms. The van der Waals surface area contributed by atoms with Crippen LogP contribution in [0.1, 0.15) is 70.9 Å². The van der Waals surface area contributed by atoms with Crippen molar-refractivity contribution in [2.24, 2.45) is 27.7 Å². The zero-order valence-electron chi connectivity index (χ0n) is 35.8. The fourth-order valence-electron chi connectivity index (χ4n) is 11.3. The summed E-state index contributed by atoms with van der Waals surface area (Å²) in [6, 6.07) is 28.8. The third-order valence-electron chi connectivity index (χ3n) is 14.6. The smallest absolute Gasteiger partial charge is 0.210 e. The largest absolute Gasteiger partial charge is 0.337 e. The maximum absolute atomic E-state index is 5.67. The number of benzene rings is 3. The van der Waals surface area contributed by atoms with Crippen molar-refractivity contribution in [1.82, 2.24) is 14.5 Å². The van der Waals surface area contributed by atoms with Gasteiger partial charge in [-0.1, -0.05) is 164 Å². The number of rotatable bonds is 5. The number of para-hydroxylation sites is 1. The van der Waals surface area contributed by atoms with Gasteiger partial charge in [0.15, 0.2) is 6.17 Å². The van der Waals surface area contributed by atoms with Gasteiger partial charge in [-0.15, -0.1) is 0 Å². The van der Waals surface area contributed by atoms with Gasteiger partial charge in [0.25, 0.3) is 0 Å². The van der Waals surface area contributed by atoms with E-state index >= 15 is 0 Å². The first-order valence-corrected chi connectivity index (χ1v) is 23.2. The summed E-state index contributed by atoms with van der Waals surface area (Å²) in [7, 11) is 0. The molecule has 0 fully saturated rings. The molecule has 0 radical (unpaired) electrons.